The van der Waals surface area contributed by atoms with Crippen LogP contribution in [-0.4, -0.2) is 41.8 Å². The van der Waals surface area contributed by atoms with Gasteiger partial charge in [-0.2, -0.15) is 4.72 Å². The van der Waals surface area contributed by atoms with E-state index in [1.165, 1.54) is 19.1 Å². The summed E-state index contributed by atoms with van der Waals surface area (Å²) in [6, 6.07) is 8.04. The molecule has 0 fully saturated rings. The van der Waals surface area contributed by atoms with Crippen molar-refractivity contribution in [3.05, 3.63) is 30.3 Å². The number of sulfonamides is 1. The first-order valence-corrected chi connectivity index (χ1v) is 12.1. The van der Waals surface area contributed by atoms with Crippen molar-refractivity contribution in [1.82, 2.24) is 4.72 Å². The van der Waals surface area contributed by atoms with Crippen molar-refractivity contribution in [2.45, 2.75) is 43.0 Å². The molecule has 0 saturated heterocycles. The standard InChI is InChI=1S/C14H26N2O4SSi/c1-14(15,20-11-13(19-2)22(3,4)5)16-21(17,18)12-9-7-6-8-10-12/h6-10,13,16H,11,15H2,1-5H3. The zero-order valence-electron chi connectivity index (χ0n) is 13.8. The maximum absolute atomic E-state index is 12.3. The van der Waals surface area contributed by atoms with Crippen molar-refractivity contribution in [3.63, 3.8) is 0 Å². The van der Waals surface area contributed by atoms with E-state index >= 15 is 0 Å². The molecular weight excluding hydrogens is 320 g/mol. The Labute approximate surface area is 134 Å². The summed E-state index contributed by atoms with van der Waals surface area (Å²) in [5.41, 5.74) is 5.86. The van der Waals surface area contributed by atoms with Gasteiger partial charge >= 0.3 is 0 Å². The molecule has 126 valence electrons. The average molecular weight is 347 g/mol. The first-order chi connectivity index (χ1) is 9.98. The lowest BCUT2D eigenvalue weighted by molar-refractivity contribution is -0.0656. The molecule has 8 heteroatoms. The van der Waals surface area contributed by atoms with Gasteiger partial charge in [0.1, 0.15) is 0 Å². The highest BCUT2D eigenvalue weighted by atomic mass is 32.2. The summed E-state index contributed by atoms with van der Waals surface area (Å²) >= 11 is 0. The van der Waals surface area contributed by atoms with Crippen LogP contribution in [0.25, 0.3) is 0 Å². The van der Waals surface area contributed by atoms with Gasteiger partial charge in [-0.05, 0) is 19.1 Å². The fourth-order valence-electron chi connectivity index (χ4n) is 1.88. The molecule has 0 bridgehead atoms. The Morgan fingerprint density at radius 1 is 1.27 bits per heavy atom. The molecule has 2 atom stereocenters. The summed E-state index contributed by atoms with van der Waals surface area (Å²) in [5.74, 6) is -1.51. The highest BCUT2D eigenvalue weighted by molar-refractivity contribution is 7.89. The van der Waals surface area contributed by atoms with Crippen molar-refractivity contribution >= 4 is 18.1 Å². The second-order valence-electron chi connectivity index (χ2n) is 6.43. The Morgan fingerprint density at radius 3 is 2.27 bits per heavy atom. The third-order valence-electron chi connectivity index (χ3n) is 3.18. The normalized spacial score (nSPS) is 17.0. The van der Waals surface area contributed by atoms with Gasteiger partial charge in [-0.3, -0.25) is 5.73 Å². The second kappa shape index (κ2) is 7.20. The Hall–Kier alpha value is -0.773. The predicted molar refractivity (Wildman–Crippen MR) is 89.5 cm³/mol. The minimum Gasteiger partial charge on any atom is -0.383 e. The van der Waals surface area contributed by atoms with Crippen molar-refractivity contribution < 1.29 is 17.9 Å². The summed E-state index contributed by atoms with van der Waals surface area (Å²) < 4.78 is 37.9. The minimum atomic E-state index is -3.74. The van der Waals surface area contributed by atoms with Gasteiger partial charge < -0.3 is 9.47 Å². The van der Waals surface area contributed by atoms with Crippen LogP contribution in [0.3, 0.4) is 0 Å². The zero-order valence-corrected chi connectivity index (χ0v) is 15.6. The molecule has 3 N–H and O–H groups in total. The molecular formula is C14H26N2O4SSi. The van der Waals surface area contributed by atoms with Gasteiger partial charge in [0.25, 0.3) is 0 Å². The van der Waals surface area contributed by atoms with Crippen LogP contribution in [0.4, 0.5) is 0 Å². The maximum Gasteiger partial charge on any atom is 0.243 e. The lowest BCUT2D eigenvalue weighted by Crippen LogP contribution is -2.57. The van der Waals surface area contributed by atoms with E-state index in [1.807, 2.05) is 0 Å². The molecule has 2 unspecified atom stereocenters. The Morgan fingerprint density at radius 2 is 1.82 bits per heavy atom. The minimum absolute atomic E-state index is 0.0726. The van der Waals surface area contributed by atoms with Crippen LogP contribution in [-0.2, 0) is 19.5 Å². The molecule has 0 aliphatic rings. The van der Waals surface area contributed by atoms with Crippen molar-refractivity contribution in [2.24, 2.45) is 5.73 Å². The number of benzene rings is 1. The summed E-state index contributed by atoms with van der Waals surface area (Å²) in [5, 5.41) is 0. The Balaban J connectivity index is 2.75. The molecule has 0 aromatic heterocycles. The van der Waals surface area contributed by atoms with Crippen LogP contribution in [0.5, 0.6) is 0 Å². The molecule has 0 aliphatic heterocycles. The fraction of sp³-hybridized carbons (Fsp3) is 0.571. The van der Waals surface area contributed by atoms with Crippen LogP contribution < -0.4 is 10.5 Å². The van der Waals surface area contributed by atoms with Gasteiger partial charge in [0.15, 0.2) is 5.85 Å². The largest absolute Gasteiger partial charge is 0.383 e. The number of rotatable bonds is 8. The lowest BCUT2D eigenvalue weighted by Gasteiger charge is -2.32. The monoisotopic (exact) mass is 346 g/mol. The fourth-order valence-corrected chi connectivity index (χ4v) is 4.39. The smallest absolute Gasteiger partial charge is 0.243 e. The Bertz CT molecular complexity index is 570. The molecule has 22 heavy (non-hydrogen) atoms. The van der Waals surface area contributed by atoms with E-state index in [2.05, 4.69) is 24.4 Å². The number of methoxy groups -OCH3 is 1. The predicted octanol–water partition coefficient (Wildman–Crippen LogP) is 1.51. The quantitative estimate of drug-likeness (QED) is 0.550. The summed E-state index contributed by atoms with van der Waals surface area (Å²) in [4.78, 5) is 0.142. The molecule has 1 aromatic carbocycles. The average Bonchev–Trinajstić information content (AvgIpc) is 2.37. The van der Waals surface area contributed by atoms with Crippen LogP contribution in [0, 0.1) is 0 Å². The van der Waals surface area contributed by atoms with Crippen molar-refractivity contribution in [3.8, 4) is 0 Å². The number of ether oxygens (including phenoxy) is 2. The summed E-state index contributed by atoms with van der Waals surface area (Å²) in [6.07, 6.45) is 0. The summed E-state index contributed by atoms with van der Waals surface area (Å²) in [6.45, 7) is 8.15. The van der Waals surface area contributed by atoms with Gasteiger partial charge in [-0.15, -0.1) is 0 Å². The molecule has 0 amide bonds. The van der Waals surface area contributed by atoms with Crippen LogP contribution in [0.2, 0.25) is 19.6 Å². The number of nitrogens with one attached hydrogen (secondary N) is 1. The van der Waals surface area contributed by atoms with E-state index in [4.69, 9.17) is 15.2 Å². The molecule has 0 radical (unpaired) electrons. The van der Waals surface area contributed by atoms with Gasteiger partial charge in [-0.25, -0.2) is 8.42 Å². The van der Waals surface area contributed by atoms with Crippen molar-refractivity contribution in [2.75, 3.05) is 13.7 Å². The summed E-state index contributed by atoms with van der Waals surface area (Å²) in [7, 11) is -3.71. The van der Waals surface area contributed by atoms with E-state index in [0.717, 1.165) is 0 Å². The lowest BCUT2D eigenvalue weighted by atomic mass is 10.4. The van der Waals surface area contributed by atoms with Gasteiger partial charge in [0, 0.05) is 7.11 Å². The van der Waals surface area contributed by atoms with E-state index in [1.54, 1.807) is 25.3 Å². The third kappa shape index (κ3) is 5.79. The maximum atomic E-state index is 12.3. The second-order valence-corrected chi connectivity index (χ2v) is 13.5. The zero-order chi connectivity index (χ0) is 17.0. The molecule has 0 aliphatic carbocycles. The number of hydrogen-bond acceptors (Lipinski definition) is 5. The topological polar surface area (TPSA) is 90.7 Å². The van der Waals surface area contributed by atoms with E-state index < -0.39 is 23.9 Å². The molecule has 0 saturated carbocycles. The molecule has 1 rings (SSSR count). The van der Waals surface area contributed by atoms with E-state index in [0.29, 0.717) is 0 Å². The Kier molecular flexibility index (Phi) is 6.31. The highest BCUT2D eigenvalue weighted by Crippen LogP contribution is 2.15. The number of nitrogens with two attached hydrogens (primary N) is 1. The molecule has 0 spiro atoms. The van der Waals surface area contributed by atoms with Gasteiger partial charge in [0.05, 0.1) is 25.3 Å². The van der Waals surface area contributed by atoms with E-state index in [9.17, 15) is 8.42 Å². The highest BCUT2D eigenvalue weighted by Gasteiger charge is 2.32. The first-order valence-electron chi connectivity index (χ1n) is 7.02. The van der Waals surface area contributed by atoms with Crippen molar-refractivity contribution in [1.29, 1.82) is 0 Å². The molecule has 0 heterocycles. The first kappa shape index (κ1) is 19.3. The van der Waals surface area contributed by atoms with E-state index in [-0.39, 0.29) is 17.2 Å². The SMILES string of the molecule is COC(COC(C)(N)NS(=O)(=O)c1ccccc1)[Si](C)(C)C. The number of hydrogen-bond donors (Lipinski definition) is 2. The third-order valence-corrected chi connectivity index (χ3v) is 7.08. The van der Waals surface area contributed by atoms with Gasteiger partial charge in [-0.1, -0.05) is 37.8 Å². The van der Waals surface area contributed by atoms with Crippen LogP contribution in [0.1, 0.15) is 6.92 Å². The van der Waals surface area contributed by atoms with Crippen LogP contribution in [0.15, 0.2) is 35.2 Å². The van der Waals surface area contributed by atoms with Gasteiger partial charge in [0.2, 0.25) is 10.0 Å². The van der Waals surface area contributed by atoms with Crippen LogP contribution >= 0.6 is 0 Å². The molecule has 1 aromatic rings. The molecule has 6 nitrogen and oxygen atoms in total.